The molecule has 5 heteroatoms. The molecule has 0 aliphatic rings. The van der Waals surface area contributed by atoms with Crippen LogP contribution in [-0.2, 0) is 0 Å². The predicted molar refractivity (Wildman–Crippen MR) is 69.2 cm³/mol. The van der Waals surface area contributed by atoms with Crippen LogP contribution in [0, 0.1) is 3.57 Å². The molecule has 0 aliphatic carbocycles. The number of rotatable bonds is 2. The van der Waals surface area contributed by atoms with Gasteiger partial charge in [-0.05, 0) is 46.2 Å². The fraction of sp³-hybridized carbons (Fsp3) is 0. The third-order valence-corrected chi connectivity index (χ3v) is 3.94. The second-order valence-corrected chi connectivity index (χ2v) is 4.87. The van der Waals surface area contributed by atoms with E-state index in [9.17, 15) is 4.79 Å². The van der Waals surface area contributed by atoms with Crippen LogP contribution in [0.4, 0.5) is 5.69 Å². The second kappa shape index (κ2) is 4.71. The maximum atomic E-state index is 11.8. The Morgan fingerprint density at radius 2 is 2.07 bits per heavy atom. The van der Waals surface area contributed by atoms with E-state index in [1.165, 1.54) is 11.3 Å². The number of thiophene rings is 1. The van der Waals surface area contributed by atoms with Crippen LogP contribution in [0.15, 0.2) is 36.0 Å². The van der Waals surface area contributed by atoms with Crippen molar-refractivity contribution >= 4 is 45.5 Å². The lowest BCUT2D eigenvalue weighted by Crippen LogP contribution is -2.11. The molecule has 0 aliphatic heterocycles. The van der Waals surface area contributed by atoms with E-state index in [0.29, 0.717) is 0 Å². The first-order chi connectivity index (χ1) is 7.27. The van der Waals surface area contributed by atoms with Crippen LogP contribution in [0.1, 0.15) is 9.67 Å². The van der Waals surface area contributed by atoms with Crippen molar-refractivity contribution in [2.75, 3.05) is 5.32 Å². The number of anilines is 1. The minimum Gasteiger partial charge on any atom is -0.321 e. The first-order valence-electron chi connectivity index (χ1n) is 4.22. The Kier molecular flexibility index (Phi) is 3.32. The molecule has 0 saturated heterocycles. The molecule has 0 atom stereocenters. The normalized spacial score (nSPS) is 9.93. The number of aromatic nitrogens is 1. The number of pyridine rings is 1. The summed E-state index contributed by atoms with van der Waals surface area (Å²) in [6.45, 7) is 0. The van der Waals surface area contributed by atoms with Gasteiger partial charge in [0.05, 0.1) is 0 Å². The Labute approximate surface area is 105 Å². The fourth-order valence-corrected chi connectivity index (χ4v) is 2.81. The minimum absolute atomic E-state index is 0.0689. The summed E-state index contributed by atoms with van der Waals surface area (Å²) in [6.07, 6.45) is 3.30. The van der Waals surface area contributed by atoms with Crippen molar-refractivity contribution in [2.24, 2.45) is 0 Å². The number of carbonyl (C=O) groups is 1. The summed E-state index contributed by atoms with van der Waals surface area (Å²) in [5, 5.41) is 4.72. The summed E-state index contributed by atoms with van der Waals surface area (Å²) < 4.78 is 0.976. The molecule has 0 fully saturated rings. The summed E-state index contributed by atoms with van der Waals surface area (Å²) in [7, 11) is 0. The molecule has 2 rings (SSSR count). The molecular formula is C10H7IN2OS. The van der Waals surface area contributed by atoms with Crippen molar-refractivity contribution in [1.29, 1.82) is 0 Å². The Bertz CT molecular complexity index is 469. The number of nitrogens with one attached hydrogen (secondary N) is 1. The molecule has 2 aromatic heterocycles. The van der Waals surface area contributed by atoms with Gasteiger partial charge in [-0.15, -0.1) is 11.3 Å². The highest BCUT2D eigenvalue weighted by molar-refractivity contribution is 14.1. The van der Waals surface area contributed by atoms with Crippen LogP contribution in [0.2, 0.25) is 0 Å². The lowest BCUT2D eigenvalue weighted by molar-refractivity contribution is 0.103. The molecule has 0 saturated carbocycles. The van der Waals surface area contributed by atoms with Gasteiger partial charge >= 0.3 is 0 Å². The van der Waals surface area contributed by atoms with E-state index in [-0.39, 0.29) is 5.91 Å². The zero-order valence-corrected chi connectivity index (χ0v) is 10.6. The highest BCUT2D eigenvalue weighted by Crippen LogP contribution is 2.20. The van der Waals surface area contributed by atoms with Gasteiger partial charge in [-0.1, -0.05) is 0 Å². The number of nitrogens with zero attached hydrogens (tertiary/aromatic N) is 1. The topological polar surface area (TPSA) is 42.0 Å². The molecule has 0 unspecified atom stereocenters. The number of halogens is 1. The van der Waals surface area contributed by atoms with E-state index in [2.05, 4.69) is 32.9 Å². The van der Waals surface area contributed by atoms with E-state index >= 15 is 0 Å². The van der Waals surface area contributed by atoms with Gasteiger partial charge in [0, 0.05) is 21.7 Å². The molecule has 1 N–H and O–H groups in total. The van der Waals surface area contributed by atoms with Crippen molar-refractivity contribution in [3.05, 3.63) is 44.4 Å². The molecule has 2 aromatic rings. The maximum Gasteiger partial charge on any atom is 0.266 e. The highest BCUT2D eigenvalue weighted by atomic mass is 127. The Morgan fingerprint density at radius 3 is 2.67 bits per heavy atom. The molecule has 0 aromatic carbocycles. The zero-order valence-electron chi connectivity index (χ0n) is 7.61. The lowest BCUT2D eigenvalue weighted by atomic mass is 10.4. The van der Waals surface area contributed by atoms with E-state index in [1.807, 2.05) is 11.4 Å². The van der Waals surface area contributed by atoms with Crippen LogP contribution in [-0.4, -0.2) is 10.9 Å². The van der Waals surface area contributed by atoms with Gasteiger partial charge in [-0.2, -0.15) is 0 Å². The van der Waals surface area contributed by atoms with Crippen molar-refractivity contribution in [3.8, 4) is 0 Å². The Morgan fingerprint density at radius 1 is 1.33 bits per heavy atom. The van der Waals surface area contributed by atoms with E-state index in [0.717, 1.165) is 14.1 Å². The van der Waals surface area contributed by atoms with E-state index in [4.69, 9.17) is 0 Å². The minimum atomic E-state index is -0.0689. The van der Waals surface area contributed by atoms with Gasteiger partial charge in [0.2, 0.25) is 0 Å². The van der Waals surface area contributed by atoms with Gasteiger partial charge in [0.1, 0.15) is 4.88 Å². The Hall–Kier alpha value is -0.950. The summed E-state index contributed by atoms with van der Waals surface area (Å²) in [4.78, 5) is 16.4. The smallest absolute Gasteiger partial charge is 0.266 e. The average molecular weight is 330 g/mol. The highest BCUT2D eigenvalue weighted by Gasteiger charge is 2.10. The quantitative estimate of drug-likeness (QED) is 0.860. The first-order valence-corrected chi connectivity index (χ1v) is 6.17. The van der Waals surface area contributed by atoms with Crippen molar-refractivity contribution < 1.29 is 4.79 Å². The van der Waals surface area contributed by atoms with Crippen LogP contribution < -0.4 is 5.32 Å². The first kappa shape index (κ1) is 10.6. The number of hydrogen-bond acceptors (Lipinski definition) is 3. The largest absolute Gasteiger partial charge is 0.321 e. The van der Waals surface area contributed by atoms with Crippen molar-refractivity contribution in [3.63, 3.8) is 0 Å². The summed E-state index contributed by atoms with van der Waals surface area (Å²) >= 11 is 3.59. The molecule has 15 heavy (non-hydrogen) atoms. The van der Waals surface area contributed by atoms with Gasteiger partial charge < -0.3 is 5.32 Å². The van der Waals surface area contributed by atoms with E-state index in [1.54, 1.807) is 24.5 Å². The van der Waals surface area contributed by atoms with Crippen LogP contribution >= 0.6 is 33.9 Å². The standard InChI is InChI=1S/C10H7IN2OS/c11-8-3-6-15-9(8)10(14)13-7-1-4-12-5-2-7/h1-6H,(H,12,13,14). The number of amides is 1. The van der Waals surface area contributed by atoms with E-state index < -0.39 is 0 Å². The summed E-state index contributed by atoms with van der Waals surface area (Å²) in [5.74, 6) is -0.0689. The number of carbonyl (C=O) groups excluding carboxylic acids is 1. The molecule has 1 amide bonds. The van der Waals surface area contributed by atoms with Crippen molar-refractivity contribution in [2.45, 2.75) is 0 Å². The maximum absolute atomic E-state index is 11.8. The van der Waals surface area contributed by atoms with Crippen molar-refractivity contribution in [1.82, 2.24) is 4.98 Å². The lowest BCUT2D eigenvalue weighted by Gasteiger charge is -2.02. The third kappa shape index (κ3) is 2.54. The van der Waals surface area contributed by atoms with Crippen LogP contribution in [0.3, 0.4) is 0 Å². The predicted octanol–water partition coefficient (Wildman–Crippen LogP) is 3.00. The monoisotopic (exact) mass is 330 g/mol. The molecule has 0 radical (unpaired) electrons. The molecule has 76 valence electrons. The molecule has 2 heterocycles. The SMILES string of the molecule is O=C(Nc1ccncc1)c1sccc1I. The van der Waals surface area contributed by atoms with Crippen LogP contribution in [0.5, 0.6) is 0 Å². The van der Waals surface area contributed by atoms with Gasteiger partial charge in [-0.25, -0.2) is 0 Å². The van der Waals surface area contributed by atoms with Crippen LogP contribution in [0.25, 0.3) is 0 Å². The van der Waals surface area contributed by atoms with Gasteiger partial charge in [-0.3, -0.25) is 9.78 Å². The molecular weight excluding hydrogens is 323 g/mol. The summed E-state index contributed by atoms with van der Waals surface area (Å²) in [5.41, 5.74) is 0.763. The number of hydrogen-bond donors (Lipinski definition) is 1. The average Bonchev–Trinajstić information content (AvgIpc) is 2.66. The molecule has 3 nitrogen and oxygen atoms in total. The Balaban J connectivity index is 2.15. The second-order valence-electron chi connectivity index (χ2n) is 2.79. The molecule has 0 bridgehead atoms. The van der Waals surface area contributed by atoms with Gasteiger partial charge in [0.15, 0.2) is 0 Å². The fourth-order valence-electron chi connectivity index (χ4n) is 1.08. The summed E-state index contributed by atoms with van der Waals surface area (Å²) in [6, 6.07) is 5.45. The zero-order chi connectivity index (χ0) is 10.7. The van der Waals surface area contributed by atoms with Gasteiger partial charge in [0.25, 0.3) is 5.91 Å². The molecule has 0 spiro atoms. The third-order valence-electron chi connectivity index (χ3n) is 1.76.